The number of furan rings is 1. The summed E-state index contributed by atoms with van der Waals surface area (Å²) in [7, 11) is 0. The van der Waals surface area contributed by atoms with E-state index in [9.17, 15) is 14.7 Å². The molecule has 2 atom stereocenters. The summed E-state index contributed by atoms with van der Waals surface area (Å²) in [6.45, 7) is 0.0479. The highest BCUT2D eigenvalue weighted by Crippen LogP contribution is 2.27. The SMILES string of the molecule is O=C(N[C@@H]1CN(C(=O)O)C[C@H]1O)c1ccc(-c2nccc3occc23)cc1. The summed E-state index contributed by atoms with van der Waals surface area (Å²) in [5, 5.41) is 22.5. The molecule has 0 aliphatic carbocycles. The highest BCUT2D eigenvalue weighted by Gasteiger charge is 2.35. The number of rotatable bonds is 3. The molecule has 4 rings (SSSR count). The summed E-state index contributed by atoms with van der Waals surface area (Å²) in [6.07, 6.45) is 1.23. The summed E-state index contributed by atoms with van der Waals surface area (Å²) in [5.74, 6) is -0.368. The highest BCUT2D eigenvalue weighted by atomic mass is 16.4. The van der Waals surface area contributed by atoms with Crippen LogP contribution in [0, 0.1) is 0 Å². The molecule has 3 heterocycles. The Hall–Kier alpha value is -3.39. The van der Waals surface area contributed by atoms with Crippen molar-refractivity contribution in [3.05, 3.63) is 54.4 Å². The quantitative estimate of drug-likeness (QED) is 0.652. The average molecular weight is 367 g/mol. The van der Waals surface area contributed by atoms with Crippen molar-refractivity contribution in [1.29, 1.82) is 0 Å². The fraction of sp³-hybridized carbons (Fsp3) is 0.211. The summed E-state index contributed by atoms with van der Waals surface area (Å²) < 4.78 is 5.38. The number of fused-ring (bicyclic) bond motifs is 1. The van der Waals surface area contributed by atoms with Crippen LogP contribution in [0.2, 0.25) is 0 Å². The molecule has 0 unspecified atom stereocenters. The molecule has 0 bridgehead atoms. The van der Waals surface area contributed by atoms with Gasteiger partial charge in [-0.3, -0.25) is 9.78 Å². The lowest BCUT2D eigenvalue weighted by atomic mass is 10.1. The number of nitrogens with one attached hydrogen (secondary N) is 1. The Labute approximate surface area is 154 Å². The number of β-amino-alcohol motifs (C(OH)–C–C–N with tert-alkyl or cyclic N) is 1. The number of aliphatic hydroxyl groups is 1. The number of carbonyl (C=O) groups excluding carboxylic acids is 1. The number of benzene rings is 1. The minimum absolute atomic E-state index is 0.0143. The number of aliphatic hydroxyl groups excluding tert-OH is 1. The van der Waals surface area contributed by atoms with Gasteiger partial charge in [-0.05, 0) is 24.3 Å². The number of likely N-dealkylation sites (tertiary alicyclic amines) is 1. The van der Waals surface area contributed by atoms with Gasteiger partial charge in [-0.1, -0.05) is 12.1 Å². The van der Waals surface area contributed by atoms with E-state index in [1.165, 1.54) is 0 Å². The van der Waals surface area contributed by atoms with Crippen LogP contribution in [0.25, 0.3) is 22.2 Å². The van der Waals surface area contributed by atoms with Crippen molar-refractivity contribution >= 4 is 23.0 Å². The van der Waals surface area contributed by atoms with E-state index in [1.54, 1.807) is 42.8 Å². The van der Waals surface area contributed by atoms with Crippen LogP contribution in [-0.2, 0) is 0 Å². The first-order valence-corrected chi connectivity index (χ1v) is 8.42. The van der Waals surface area contributed by atoms with Crippen LogP contribution < -0.4 is 5.32 Å². The predicted octanol–water partition coefficient (Wildman–Crippen LogP) is 1.95. The number of pyridine rings is 1. The van der Waals surface area contributed by atoms with Gasteiger partial charge < -0.3 is 24.8 Å². The molecular weight excluding hydrogens is 350 g/mol. The standard InChI is InChI=1S/C19H17N3O5/c23-15-10-22(19(25)26)9-14(15)21-18(24)12-3-1-11(2-4-12)17-13-6-8-27-16(13)5-7-20-17/h1-8,14-15,23H,9-10H2,(H,21,24)(H,25,26)/t14-,15-/m1/s1. The van der Waals surface area contributed by atoms with Gasteiger partial charge in [0.15, 0.2) is 0 Å². The van der Waals surface area contributed by atoms with Crippen molar-refractivity contribution in [2.75, 3.05) is 13.1 Å². The van der Waals surface area contributed by atoms with Gasteiger partial charge in [-0.15, -0.1) is 0 Å². The van der Waals surface area contributed by atoms with Gasteiger partial charge >= 0.3 is 6.09 Å². The van der Waals surface area contributed by atoms with Gasteiger partial charge in [-0.25, -0.2) is 4.79 Å². The monoisotopic (exact) mass is 367 g/mol. The van der Waals surface area contributed by atoms with Crippen molar-refractivity contribution in [1.82, 2.24) is 15.2 Å². The van der Waals surface area contributed by atoms with E-state index in [2.05, 4.69) is 10.3 Å². The lowest BCUT2D eigenvalue weighted by Crippen LogP contribution is -2.43. The van der Waals surface area contributed by atoms with Crippen LogP contribution in [0.1, 0.15) is 10.4 Å². The zero-order valence-corrected chi connectivity index (χ0v) is 14.2. The van der Waals surface area contributed by atoms with Crippen molar-refractivity contribution in [2.24, 2.45) is 0 Å². The fourth-order valence-electron chi connectivity index (χ4n) is 3.24. The maximum Gasteiger partial charge on any atom is 0.407 e. The van der Waals surface area contributed by atoms with Gasteiger partial charge in [0.25, 0.3) is 5.91 Å². The molecule has 1 aliphatic rings. The van der Waals surface area contributed by atoms with E-state index < -0.39 is 18.2 Å². The second-order valence-corrected chi connectivity index (χ2v) is 6.40. The Bertz CT molecular complexity index is 998. The van der Waals surface area contributed by atoms with Crippen molar-refractivity contribution in [3.8, 4) is 11.3 Å². The van der Waals surface area contributed by atoms with Crippen molar-refractivity contribution in [2.45, 2.75) is 12.1 Å². The largest absolute Gasteiger partial charge is 0.465 e. The number of carboxylic acid groups (broad SMARTS) is 1. The lowest BCUT2D eigenvalue weighted by molar-refractivity contribution is 0.0888. The highest BCUT2D eigenvalue weighted by molar-refractivity contribution is 5.96. The zero-order chi connectivity index (χ0) is 19.0. The van der Waals surface area contributed by atoms with E-state index in [0.717, 1.165) is 27.1 Å². The van der Waals surface area contributed by atoms with Crippen LogP contribution in [0.3, 0.4) is 0 Å². The van der Waals surface area contributed by atoms with Crippen LogP contribution in [0.5, 0.6) is 0 Å². The lowest BCUT2D eigenvalue weighted by Gasteiger charge is -2.15. The molecule has 1 aliphatic heterocycles. The molecule has 8 nitrogen and oxygen atoms in total. The van der Waals surface area contributed by atoms with Crippen LogP contribution in [-0.4, -0.2) is 57.3 Å². The summed E-state index contributed by atoms with van der Waals surface area (Å²) in [5.41, 5.74) is 2.76. The number of hydrogen-bond acceptors (Lipinski definition) is 5. The predicted molar refractivity (Wildman–Crippen MR) is 96.3 cm³/mol. The molecule has 3 N–H and O–H groups in total. The van der Waals surface area contributed by atoms with E-state index in [4.69, 9.17) is 9.52 Å². The third-order valence-electron chi connectivity index (χ3n) is 4.68. The average Bonchev–Trinajstić information content (AvgIpc) is 3.28. The zero-order valence-electron chi connectivity index (χ0n) is 14.2. The van der Waals surface area contributed by atoms with Gasteiger partial charge in [0.05, 0.1) is 30.6 Å². The molecule has 0 saturated carbocycles. The number of nitrogens with zero attached hydrogens (tertiary/aromatic N) is 2. The normalized spacial score (nSPS) is 19.4. The number of hydrogen-bond donors (Lipinski definition) is 3. The summed E-state index contributed by atoms with van der Waals surface area (Å²) >= 11 is 0. The molecule has 138 valence electrons. The molecular formula is C19H17N3O5. The second kappa shape index (κ2) is 6.73. The molecule has 2 aromatic heterocycles. The van der Waals surface area contributed by atoms with Crippen LogP contribution in [0.4, 0.5) is 4.79 Å². The fourth-order valence-corrected chi connectivity index (χ4v) is 3.24. The van der Waals surface area contributed by atoms with Crippen molar-refractivity contribution < 1.29 is 24.2 Å². The van der Waals surface area contributed by atoms with E-state index in [1.807, 2.05) is 6.07 Å². The van der Waals surface area contributed by atoms with Gasteiger partial charge in [0.2, 0.25) is 0 Å². The Kier molecular flexibility index (Phi) is 4.25. The molecule has 2 amide bonds. The first kappa shape index (κ1) is 17.0. The Morgan fingerprint density at radius 2 is 1.93 bits per heavy atom. The molecule has 3 aromatic rings. The van der Waals surface area contributed by atoms with E-state index >= 15 is 0 Å². The molecule has 1 saturated heterocycles. The molecule has 1 fully saturated rings. The third-order valence-corrected chi connectivity index (χ3v) is 4.68. The van der Waals surface area contributed by atoms with E-state index in [0.29, 0.717) is 5.56 Å². The first-order chi connectivity index (χ1) is 13.0. The summed E-state index contributed by atoms with van der Waals surface area (Å²) in [6, 6.07) is 9.91. The van der Waals surface area contributed by atoms with Gasteiger partial charge in [0, 0.05) is 29.3 Å². The maximum atomic E-state index is 12.4. The Morgan fingerprint density at radius 3 is 2.63 bits per heavy atom. The van der Waals surface area contributed by atoms with Gasteiger partial charge in [-0.2, -0.15) is 0 Å². The summed E-state index contributed by atoms with van der Waals surface area (Å²) in [4.78, 5) is 28.9. The number of amides is 2. The van der Waals surface area contributed by atoms with Crippen LogP contribution in [0.15, 0.2) is 53.3 Å². The molecule has 8 heteroatoms. The second-order valence-electron chi connectivity index (χ2n) is 6.40. The Morgan fingerprint density at radius 1 is 1.15 bits per heavy atom. The number of carbonyl (C=O) groups is 2. The number of aromatic nitrogens is 1. The topological polar surface area (TPSA) is 116 Å². The minimum atomic E-state index is -1.11. The Balaban J connectivity index is 1.50. The van der Waals surface area contributed by atoms with E-state index in [-0.39, 0.29) is 19.0 Å². The smallest absolute Gasteiger partial charge is 0.407 e. The van der Waals surface area contributed by atoms with Crippen molar-refractivity contribution in [3.63, 3.8) is 0 Å². The third kappa shape index (κ3) is 3.22. The van der Waals surface area contributed by atoms with Gasteiger partial charge in [0.1, 0.15) is 5.58 Å². The maximum absolute atomic E-state index is 12.4. The molecule has 0 spiro atoms. The molecule has 27 heavy (non-hydrogen) atoms. The molecule has 0 radical (unpaired) electrons. The molecule has 1 aromatic carbocycles. The van der Waals surface area contributed by atoms with Crippen LogP contribution >= 0.6 is 0 Å². The minimum Gasteiger partial charge on any atom is -0.465 e. The first-order valence-electron chi connectivity index (χ1n) is 8.42.